The van der Waals surface area contributed by atoms with Gasteiger partial charge in [0.15, 0.2) is 0 Å². The summed E-state index contributed by atoms with van der Waals surface area (Å²) in [6.45, 7) is 4.85. The van der Waals surface area contributed by atoms with Crippen LogP contribution in [-0.4, -0.2) is 42.3 Å². The quantitative estimate of drug-likeness (QED) is 0.850. The Morgan fingerprint density at radius 2 is 2.04 bits per heavy atom. The highest BCUT2D eigenvalue weighted by Gasteiger charge is 2.14. The van der Waals surface area contributed by atoms with E-state index < -0.39 is 0 Å². The molecule has 2 N–H and O–H groups in total. The van der Waals surface area contributed by atoms with Crippen LogP contribution in [0.5, 0.6) is 5.75 Å². The van der Waals surface area contributed by atoms with E-state index >= 15 is 0 Å². The fourth-order valence-corrected chi connectivity index (χ4v) is 2.48. The number of ether oxygens (including phenoxy) is 1. The topological polar surface area (TPSA) is 74.7 Å². The van der Waals surface area contributed by atoms with Gasteiger partial charge in [-0.05, 0) is 42.8 Å². The van der Waals surface area contributed by atoms with Crippen LogP contribution >= 0.6 is 0 Å². The molecule has 1 amide bonds. The first kappa shape index (κ1) is 15.3. The number of phenols is 1. The first-order valence-corrected chi connectivity index (χ1v) is 7.53. The van der Waals surface area contributed by atoms with E-state index in [0.717, 1.165) is 24.5 Å². The second kappa shape index (κ2) is 6.66. The Bertz CT molecular complexity index is 695. The summed E-state index contributed by atoms with van der Waals surface area (Å²) in [5.41, 5.74) is 1.97. The molecule has 23 heavy (non-hydrogen) atoms. The van der Waals surface area contributed by atoms with Gasteiger partial charge in [0.05, 0.1) is 18.8 Å². The van der Waals surface area contributed by atoms with Crippen molar-refractivity contribution >= 4 is 17.4 Å². The normalized spacial score (nSPS) is 14.6. The number of morpholine rings is 1. The molecule has 1 aromatic heterocycles. The fraction of sp³-hybridized carbons (Fsp3) is 0.294. The molecule has 2 heterocycles. The molecule has 0 atom stereocenters. The number of carbonyl (C=O) groups is 1. The molecule has 0 unspecified atom stereocenters. The van der Waals surface area contributed by atoms with E-state index in [-0.39, 0.29) is 11.7 Å². The Labute approximate surface area is 134 Å². The average molecular weight is 313 g/mol. The molecule has 1 saturated heterocycles. The molecule has 1 aliphatic rings. The molecule has 6 heteroatoms. The smallest absolute Gasteiger partial charge is 0.257 e. The SMILES string of the molecule is Cc1cc(O)ccc1NC(=O)c1ccc(N2CCOCC2)nc1. The molecule has 120 valence electrons. The Balaban J connectivity index is 1.69. The highest BCUT2D eigenvalue weighted by molar-refractivity contribution is 6.04. The van der Waals surface area contributed by atoms with Crippen LogP contribution in [0.4, 0.5) is 11.5 Å². The Morgan fingerprint density at radius 1 is 1.26 bits per heavy atom. The summed E-state index contributed by atoms with van der Waals surface area (Å²) in [5.74, 6) is 0.808. The fourth-order valence-electron chi connectivity index (χ4n) is 2.48. The largest absolute Gasteiger partial charge is 0.508 e. The first-order valence-electron chi connectivity index (χ1n) is 7.53. The van der Waals surface area contributed by atoms with Gasteiger partial charge in [0.2, 0.25) is 0 Å². The van der Waals surface area contributed by atoms with Gasteiger partial charge in [0, 0.05) is 25.0 Å². The summed E-state index contributed by atoms with van der Waals surface area (Å²) in [6.07, 6.45) is 1.58. The summed E-state index contributed by atoms with van der Waals surface area (Å²) in [5, 5.41) is 12.2. The van der Waals surface area contributed by atoms with Gasteiger partial charge < -0.3 is 20.1 Å². The number of pyridine rings is 1. The van der Waals surface area contributed by atoms with E-state index in [9.17, 15) is 9.90 Å². The number of anilines is 2. The maximum absolute atomic E-state index is 12.3. The van der Waals surface area contributed by atoms with Crippen molar-refractivity contribution in [3.63, 3.8) is 0 Å². The number of hydrogen-bond acceptors (Lipinski definition) is 5. The third-order valence-corrected chi connectivity index (χ3v) is 3.80. The predicted octanol–water partition coefficient (Wildman–Crippen LogP) is 2.18. The van der Waals surface area contributed by atoms with Crippen LogP contribution < -0.4 is 10.2 Å². The number of nitrogens with zero attached hydrogens (tertiary/aromatic N) is 2. The van der Waals surface area contributed by atoms with Crippen molar-refractivity contribution < 1.29 is 14.6 Å². The molecular formula is C17H19N3O3. The lowest BCUT2D eigenvalue weighted by atomic mass is 10.1. The number of amides is 1. The molecule has 2 aromatic rings. The van der Waals surface area contributed by atoms with Gasteiger partial charge in [-0.3, -0.25) is 4.79 Å². The van der Waals surface area contributed by atoms with Crippen LogP contribution in [0.25, 0.3) is 0 Å². The third-order valence-electron chi connectivity index (χ3n) is 3.80. The van der Waals surface area contributed by atoms with Crippen LogP contribution in [0.3, 0.4) is 0 Å². The van der Waals surface area contributed by atoms with Crippen molar-refractivity contribution in [2.75, 3.05) is 36.5 Å². The minimum Gasteiger partial charge on any atom is -0.508 e. The van der Waals surface area contributed by atoms with Crippen molar-refractivity contribution in [2.24, 2.45) is 0 Å². The second-order valence-electron chi connectivity index (χ2n) is 5.46. The molecule has 3 rings (SSSR count). The number of nitrogens with one attached hydrogen (secondary N) is 1. The van der Waals surface area contributed by atoms with E-state index in [2.05, 4.69) is 15.2 Å². The number of aryl methyl sites for hydroxylation is 1. The lowest BCUT2D eigenvalue weighted by Gasteiger charge is -2.27. The average Bonchev–Trinajstić information content (AvgIpc) is 2.58. The molecule has 0 radical (unpaired) electrons. The summed E-state index contributed by atoms with van der Waals surface area (Å²) in [4.78, 5) is 18.8. The third kappa shape index (κ3) is 3.60. The lowest BCUT2D eigenvalue weighted by molar-refractivity contribution is 0.102. The number of hydrogen-bond donors (Lipinski definition) is 2. The lowest BCUT2D eigenvalue weighted by Crippen LogP contribution is -2.36. The molecule has 0 bridgehead atoms. The van der Waals surface area contributed by atoms with Crippen LogP contribution in [0, 0.1) is 6.92 Å². The number of phenolic OH excluding ortho intramolecular Hbond substituents is 1. The maximum Gasteiger partial charge on any atom is 0.257 e. The first-order chi connectivity index (χ1) is 11.1. The van der Waals surface area contributed by atoms with Crippen molar-refractivity contribution in [3.8, 4) is 5.75 Å². The van der Waals surface area contributed by atoms with Gasteiger partial charge in [0.1, 0.15) is 11.6 Å². The summed E-state index contributed by atoms with van der Waals surface area (Å²) >= 11 is 0. The number of aromatic nitrogens is 1. The van der Waals surface area contributed by atoms with E-state index in [0.29, 0.717) is 24.5 Å². The highest BCUT2D eigenvalue weighted by Crippen LogP contribution is 2.21. The molecule has 0 aliphatic carbocycles. The van der Waals surface area contributed by atoms with Gasteiger partial charge in [0.25, 0.3) is 5.91 Å². The zero-order valence-electron chi connectivity index (χ0n) is 13.0. The van der Waals surface area contributed by atoms with E-state index in [4.69, 9.17) is 4.74 Å². The van der Waals surface area contributed by atoms with Gasteiger partial charge in [-0.15, -0.1) is 0 Å². The number of aromatic hydroxyl groups is 1. The Hall–Kier alpha value is -2.60. The molecule has 6 nitrogen and oxygen atoms in total. The van der Waals surface area contributed by atoms with Crippen molar-refractivity contribution in [2.45, 2.75) is 6.92 Å². The van der Waals surface area contributed by atoms with Crippen LogP contribution in [-0.2, 0) is 4.74 Å². The van der Waals surface area contributed by atoms with Crippen LogP contribution in [0.2, 0.25) is 0 Å². The Morgan fingerprint density at radius 3 is 2.70 bits per heavy atom. The van der Waals surface area contributed by atoms with Crippen molar-refractivity contribution in [1.82, 2.24) is 4.98 Å². The number of carbonyl (C=O) groups excluding carboxylic acids is 1. The van der Waals surface area contributed by atoms with Gasteiger partial charge >= 0.3 is 0 Å². The van der Waals surface area contributed by atoms with Crippen molar-refractivity contribution in [3.05, 3.63) is 47.7 Å². The van der Waals surface area contributed by atoms with E-state index in [1.165, 1.54) is 0 Å². The minimum atomic E-state index is -0.222. The van der Waals surface area contributed by atoms with Crippen molar-refractivity contribution in [1.29, 1.82) is 0 Å². The standard InChI is InChI=1S/C17H19N3O3/c1-12-10-14(21)3-4-15(12)19-17(22)13-2-5-16(18-11-13)20-6-8-23-9-7-20/h2-5,10-11,21H,6-9H2,1H3,(H,19,22). The maximum atomic E-state index is 12.3. The minimum absolute atomic E-state index is 0.178. The van der Waals surface area contributed by atoms with Crippen LogP contribution in [0.15, 0.2) is 36.5 Å². The van der Waals surface area contributed by atoms with Crippen LogP contribution in [0.1, 0.15) is 15.9 Å². The zero-order valence-corrected chi connectivity index (χ0v) is 13.0. The molecule has 0 spiro atoms. The molecule has 1 aromatic carbocycles. The molecule has 1 aliphatic heterocycles. The summed E-state index contributed by atoms with van der Waals surface area (Å²) in [7, 11) is 0. The summed E-state index contributed by atoms with van der Waals surface area (Å²) < 4.78 is 5.32. The highest BCUT2D eigenvalue weighted by atomic mass is 16.5. The summed E-state index contributed by atoms with van der Waals surface area (Å²) in [6, 6.07) is 8.45. The van der Waals surface area contributed by atoms with Gasteiger partial charge in [-0.25, -0.2) is 4.98 Å². The monoisotopic (exact) mass is 313 g/mol. The molecule has 0 saturated carbocycles. The number of rotatable bonds is 3. The van der Waals surface area contributed by atoms with E-state index in [1.54, 1.807) is 30.5 Å². The number of benzene rings is 1. The molecular weight excluding hydrogens is 294 g/mol. The Kier molecular flexibility index (Phi) is 4.43. The van der Waals surface area contributed by atoms with Gasteiger partial charge in [-0.2, -0.15) is 0 Å². The second-order valence-corrected chi connectivity index (χ2v) is 5.46. The molecule has 1 fully saturated rings. The predicted molar refractivity (Wildman–Crippen MR) is 88.1 cm³/mol. The zero-order chi connectivity index (χ0) is 16.2. The van der Waals surface area contributed by atoms with E-state index in [1.807, 2.05) is 13.0 Å². The van der Waals surface area contributed by atoms with Gasteiger partial charge in [-0.1, -0.05) is 0 Å².